The molecule has 1 aromatic carbocycles. The van der Waals surface area contributed by atoms with E-state index in [0.29, 0.717) is 13.5 Å². The summed E-state index contributed by atoms with van der Waals surface area (Å²) in [6.45, 7) is 0. The summed E-state index contributed by atoms with van der Waals surface area (Å²) in [7, 11) is 0. The molecule has 0 aliphatic heterocycles. The highest BCUT2D eigenvalue weighted by atomic mass is 127. The molecule has 0 unspecified atom stereocenters. The zero-order chi connectivity index (χ0) is 14.0. The van der Waals surface area contributed by atoms with Crippen LogP contribution < -0.4 is 4.90 Å². The number of carboxylic acid groups (broad SMARTS) is 1. The first-order valence-corrected chi connectivity index (χ1v) is 6.52. The Morgan fingerprint density at radius 3 is 2.58 bits per heavy atom. The van der Waals surface area contributed by atoms with Crippen LogP contribution in [-0.4, -0.2) is 17.1 Å². The number of imide groups is 1. The van der Waals surface area contributed by atoms with Gasteiger partial charge < -0.3 is 9.52 Å². The first-order valence-electron chi connectivity index (χ1n) is 5.06. The number of nitrogens with zero attached hydrogens (tertiary/aromatic N) is 1. The van der Waals surface area contributed by atoms with Gasteiger partial charge in [0.25, 0.3) is 0 Å². The molecule has 0 saturated heterocycles. The molecule has 1 N–H and O–H groups in total. The minimum absolute atomic E-state index is 0.0480. The van der Waals surface area contributed by atoms with Crippen LogP contribution in [0.4, 0.5) is 10.5 Å². The van der Waals surface area contributed by atoms with Crippen molar-refractivity contribution in [3.05, 3.63) is 50.9 Å². The number of furan rings is 1. The van der Waals surface area contributed by atoms with Crippen LogP contribution in [0.1, 0.15) is 10.6 Å². The second-order valence-electron chi connectivity index (χ2n) is 3.50. The van der Waals surface area contributed by atoms with Gasteiger partial charge in [0.05, 0.1) is 12.0 Å². The highest BCUT2D eigenvalue weighted by molar-refractivity contribution is 14.1. The second kappa shape index (κ2) is 5.62. The Hall–Kier alpha value is -1.54. The summed E-state index contributed by atoms with van der Waals surface area (Å²) in [5.41, 5.74) is 0.235. The molecule has 2 rings (SSSR count). The zero-order valence-electron chi connectivity index (χ0n) is 9.34. The predicted molar refractivity (Wildman–Crippen MR) is 77.7 cm³/mol. The van der Waals surface area contributed by atoms with E-state index in [2.05, 4.69) is 0 Å². The molecule has 0 radical (unpaired) electrons. The summed E-state index contributed by atoms with van der Waals surface area (Å²) in [4.78, 5) is 24.0. The molecule has 0 aliphatic carbocycles. The van der Waals surface area contributed by atoms with Crippen LogP contribution in [0.3, 0.4) is 0 Å². The fourth-order valence-corrected chi connectivity index (χ4v) is 2.59. The van der Waals surface area contributed by atoms with Crippen molar-refractivity contribution in [1.82, 2.24) is 0 Å². The van der Waals surface area contributed by atoms with Gasteiger partial charge in [-0.05, 0) is 52.9 Å². The van der Waals surface area contributed by atoms with Crippen molar-refractivity contribution >= 4 is 51.9 Å². The number of carbonyl (C=O) groups excluding carboxylic acids is 1. The van der Waals surface area contributed by atoms with Gasteiger partial charge in [0, 0.05) is 8.59 Å². The molecule has 19 heavy (non-hydrogen) atoms. The van der Waals surface area contributed by atoms with Crippen LogP contribution in [0.2, 0.25) is 5.02 Å². The molecule has 2 aromatic rings. The molecule has 2 amide bonds. The highest BCUT2D eigenvalue weighted by Gasteiger charge is 2.27. The van der Waals surface area contributed by atoms with Gasteiger partial charge in [0.2, 0.25) is 0 Å². The molecule has 0 bridgehead atoms. The molecule has 0 saturated carbocycles. The Bertz CT molecular complexity index is 627. The average molecular weight is 392 g/mol. The molecule has 0 aliphatic rings. The minimum atomic E-state index is -1.39. The fourth-order valence-electron chi connectivity index (χ4n) is 1.47. The van der Waals surface area contributed by atoms with Gasteiger partial charge >= 0.3 is 12.0 Å². The Morgan fingerprint density at radius 1 is 1.32 bits per heavy atom. The summed E-state index contributed by atoms with van der Waals surface area (Å²) in [6.07, 6.45) is -0.0817. The third-order valence-electron chi connectivity index (χ3n) is 2.28. The van der Waals surface area contributed by atoms with Crippen molar-refractivity contribution in [1.29, 1.82) is 0 Å². The van der Waals surface area contributed by atoms with Gasteiger partial charge in [-0.25, -0.2) is 9.69 Å². The van der Waals surface area contributed by atoms with Crippen molar-refractivity contribution in [3.63, 3.8) is 0 Å². The van der Waals surface area contributed by atoms with Crippen molar-refractivity contribution in [3.8, 4) is 0 Å². The van der Waals surface area contributed by atoms with E-state index in [0.717, 1.165) is 0 Å². The summed E-state index contributed by atoms with van der Waals surface area (Å²) < 4.78 is 5.48. The summed E-state index contributed by atoms with van der Waals surface area (Å²) in [6, 6.07) is 7.48. The maximum atomic E-state index is 12.1. The molecular weight excluding hydrogens is 384 g/mol. The second-order valence-corrected chi connectivity index (χ2v) is 5.09. The SMILES string of the molecule is O=C(O)N(C(=O)c1ccco1)c1ccc(Cl)cc1I. The lowest BCUT2D eigenvalue weighted by Gasteiger charge is -2.17. The zero-order valence-corrected chi connectivity index (χ0v) is 12.3. The molecular formula is C12H7ClINO4. The number of rotatable bonds is 2. The van der Waals surface area contributed by atoms with Gasteiger partial charge in [0.1, 0.15) is 0 Å². The molecule has 1 heterocycles. The third-order valence-corrected chi connectivity index (χ3v) is 3.38. The maximum Gasteiger partial charge on any atom is 0.419 e. The van der Waals surface area contributed by atoms with Crippen LogP contribution in [0.5, 0.6) is 0 Å². The minimum Gasteiger partial charge on any atom is -0.464 e. The van der Waals surface area contributed by atoms with Gasteiger partial charge in [-0.1, -0.05) is 11.6 Å². The summed E-state index contributed by atoms with van der Waals surface area (Å²) in [5.74, 6) is -0.800. The molecule has 0 atom stereocenters. The highest BCUT2D eigenvalue weighted by Crippen LogP contribution is 2.27. The number of benzene rings is 1. The number of carbonyl (C=O) groups is 2. The van der Waals surface area contributed by atoms with Crippen LogP contribution in [-0.2, 0) is 0 Å². The van der Waals surface area contributed by atoms with Gasteiger partial charge in [-0.15, -0.1) is 0 Å². The Balaban J connectivity index is 2.46. The Kier molecular flexibility index (Phi) is 4.11. The van der Waals surface area contributed by atoms with Crippen LogP contribution >= 0.6 is 34.2 Å². The standard InChI is InChI=1S/C12H7ClINO4/c13-7-3-4-9(8(14)6-7)15(12(17)18)11(16)10-2-1-5-19-10/h1-6H,(H,17,18). The van der Waals surface area contributed by atoms with Crippen LogP contribution in [0, 0.1) is 3.57 Å². The van der Waals surface area contributed by atoms with E-state index < -0.39 is 12.0 Å². The van der Waals surface area contributed by atoms with Gasteiger partial charge in [-0.2, -0.15) is 0 Å². The quantitative estimate of drug-likeness (QED) is 0.789. The topological polar surface area (TPSA) is 70.8 Å². The normalized spacial score (nSPS) is 10.2. The van der Waals surface area contributed by atoms with Crippen molar-refractivity contribution in [2.24, 2.45) is 0 Å². The van der Waals surface area contributed by atoms with Gasteiger partial charge in [0.15, 0.2) is 5.76 Å². The van der Waals surface area contributed by atoms with E-state index in [1.54, 1.807) is 6.07 Å². The lowest BCUT2D eigenvalue weighted by Crippen LogP contribution is -2.36. The van der Waals surface area contributed by atoms with Crippen LogP contribution in [0.25, 0.3) is 0 Å². The molecule has 5 nitrogen and oxygen atoms in total. The molecule has 1 aromatic heterocycles. The fraction of sp³-hybridized carbons (Fsp3) is 0. The van der Waals surface area contributed by atoms with Crippen molar-refractivity contribution in [2.45, 2.75) is 0 Å². The third kappa shape index (κ3) is 2.90. The number of anilines is 1. The predicted octanol–water partition coefficient (Wildman–Crippen LogP) is 3.86. The molecule has 0 fully saturated rings. The Morgan fingerprint density at radius 2 is 2.05 bits per heavy atom. The summed E-state index contributed by atoms with van der Waals surface area (Å²) >= 11 is 7.72. The number of amides is 2. The average Bonchev–Trinajstić information content (AvgIpc) is 2.85. The van der Waals surface area contributed by atoms with E-state index in [9.17, 15) is 14.7 Å². The monoisotopic (exact) mass is 391 g/mol. The van der Waals surface area contributed by atoms with E-state index in [1.165, 1.54) is 30.5 Å². The van der Waals surface area contributed by atoms with Gasteiger partial charge in [-0.3, -0.25) is 4.79 Å². The maximum absolute atomic E-state index is 12.1. The van der Waals surface area contributed by atoms with E-state index in [1.807, 2.05) is 22.6 Å². The first-order chi connectivity index (χ1) is 9.00. The van der Waals surface area contributed by atoms with Crippen molar-refractivity contribution < 1.29 is 19.1 Å². The number of hydrogen-bond acceptors (Lipinski definition) is 3. The van der Waals surface area contributed by atoms with E-state index in [-0.39, 0.29) is 11.4 Å². The van der Waals surface area contributed by atoms with E-state index >= 15 is 0 Å². The van der Waals surface area contributed by atoms with Crippen molar-refractivity contribution in [2.75, 3.05) is 4.90 Å². The lowest BCUT2D eigenvalue weighted by atomic mass is 10.2. The van der Waals surface area contributed by atoms with E-state index in [4.69, 9.17) is 16.0 Å². The smallest absolute Gasteiger partial charge is 0.419 e. The molecule has 0 spiro atoms. The van der Waals surface area contributed by atoms with Crippen LogP contribution in [0.15, 0.2) is 41.0 Å². The molecule has 98 valence electrons. The first kappa shape index (κ1) is 13.9. The number of halogens is 2. The number of hydrogen-bond donors (Lipinski definition) is 1. The lowest BCUT2D eigenvalue weighted by molar-refractivity contribution is 0.0956. The Labute approximate surface area is 126 Å². The largest absolute Gasteiger partial charge is 0.464 e. The summed E-state index contributed by atoms with van der Waals surface area (Å²) in [5, 5.41) is 9.68. The molecule has 7 heteroatoms.